The number of fused-ring (bicyclic) bond motifs is 2. The number of alkyl halides is 2. The molecule has 0 amide bonds. The summed E-state index contributed by atoms with van der Waals surface area (Å²) in [5, 5.41) is 0. The molecule has 6 heteroatoms. The van der Waals surface area contributed by atoms with Gasteiger partial charge in [0.2, 0.25) is 0 Å². The standard InChI is InChI=1S/C17H20F2INO2/c1-23-17(22)16-13(10-2-4-11(20)5-3-10)8-12-6-7-14(16)21(12)9-15(18)19/h2-5,12-16H,6-9H2,1H3/t12-,13+,14+,16-/m0/s1. The molecule has 0 N–H and O–H groups in total. The normalized spacial score (nSPS) is 30.7. The summed E-state index contributed by atoms with van der Waals surface area (Å²) >= 11 is 2.25. The van der Waals surface area contributed by atoms with Gasteiger partial charge in [0.15, 0.2) is 0 Å². The van der Waals surface area contributed by atoms with Gasteiger partial charge in [-0.25, -0.2) is 8.78 Å². The Bertz CT molecular complexity index is 566. The molecule has 0 radical (unpaired) electrons. The summed E-state index contributed by atoms with van der Waals surface area (Å²) in [6, 6.07) is 8.14. The fourth-order valence-corrected chi connectivity index (χ4v) is 4.63. The van der Waals surface area contributed by atoms with Crippen molar-refractivity contribution in [3.63, 3.8) is 0 Å². The van der Waals surface area contributed by atoms with Crippen molar-refractivity contribution in [2.45, 2.75) is 43.7 Å². The highest BCUT2D eigenvalue weighted by Crippen LogP contribution is 2.47. The molecule has 4 atom stereocenters. The van der Waals surface area contributed by atoms with Crippen LogP contribution < -0.4 is 0 Å². The van der Waals surface area contributed by atoms with Crippen LogP contribution >= 0.6 is 22.6 Å². The van der Waals surface area contributed by atoms with Crippen LogP contribution in [-0.2, 0) is 9.53 Å². The molecular weight excluding hydrogens is 415 g/mol. The van der Waals surface area contributed by atoms with Gasteiger partial charge in [-0.15, -0.1) is 0 Å². The third-order valence-corrected chi connectivity index (χ3v) is 5.90. The number of hydrogen-bond acceptors (Lipinski definition) is 3. The van der Waals surface area contributed by atoms with Crippen molar-refractivity contribution in [1.29, 1.82) is 0 Å². The molecule has 126 valence electrons. The van der Waals surface area contributed by atoms with Gasteiger partial charge in [-0.3, -0.25) is 9.69 Å². The van der Waals surface area contributed by atoms with Crippen LogP contribution in [0.1, 0.15) is 30.7 Å². The molecule has 2 bridgehead atoms. The lowest BCUT2D eigenvalue weighted by Crippen LogP contribution is -2.52. The summed E-state index contributed by atoms with van der Waals surface area (Å²) in [7, 11) is 1.38. The molecule has 3 rings (SSSR count). The van der Waals surface area contributed by atoms with Crippen LogP contribution in [0, 0.1) is 9.49 Å². The van der Waals surface area contributed by atoms with E-state index >= 15 is 0 Å². The average molecular weight is 435 g/mol. The molecule has 2 heterocycles. The number of hydrogen-bond donors (Lipinski definition) is 0. The van der Waals surface area contributed by atoms with Crippen molar-refractivity contribution in [1.82, 2.24) is 4.90 Å². The second-order valence-corrected chi connectivity index (χ2v) is 7.57. The quantitative estimate of drug-likeness (QED) is 0.534. The maximum absolute atomic E-state index is 12.9. The molecule has 1 aromatic carbocycles. The Morgan fingerprint density at radius 3 is 2.65 bits per heavy atom. The van der Waals surface area contributed by atoms with Crippen LogP contribution in [0.4, 0.5) is 8.78 Å². The molecule has 0 spiro atoms. The first-order valence-corrected chi connectivity index (χ1v) is 8.96. The van der Waals surface area contributed by atoms with Gasteiger partial charge in [-0.2, -0.15) is 0 Å². The molecular formula is C17H20F2INO2. The summed E-state index contributed by atoms with van der Waals surface area (Å²) in [5.41, 5.74) is 1.11. The molecule has 2 saturated heterocycles. The SMILES string of the molecule is COC(=O)[C@H]1[C@@H](c2ccc(I)cc2)C[C@@H]2CC[C@H]1N2CC(F)F. The maximum Gasteiger partial charge on any atom is 0.310 e. The predicted molar refractivity (Wildman–Crippen MR) is 91.5 cm³/mol. The van der Waals surface area contributed by atoms with E-state index in [1.807, 2.05) is 29.2 Å². The average Bonchev–Trinajstić information content (AvgIpc) is 2.79. The first-order chi connectivity index (χ1) is 11.0. The van der Waals surface area contributed by atoms with Crippen molar-refractivity contribution in [3.8, 4) is 0 Å². The minimum Gasteiger partial charge on any atom is -0.469 e. The number of halogens is 3. The van der Waals surface area contributed by atoms with E-state index in [0.717, 1.165) is 28.4 Å². The molecule has 3 nitrogen and oxygen atoms in total. The summed E-state index contributed by atoms with van der Waals surface area (Å²) in [4.78, 5) is 14.2. The van der Waals surface area contributed by atoms with Gasteiger partial charge >= 0.3 is 5.97 Å². The van der Waals surface area contributed by atoms with Crippen molar-refractivity contribution in [2.24, 2.45) is 5.92 Å². The monoisotopic (exact) mass is 435 g/mol. The number of rotatable bonds is 4. The molecule has 23 heavy (non-hydrogen) atoms. The van der Waals surface area contributed by atoms with E-state index < -0.39 is 6.43 Å². The third kappa shape index (κ3) is 3.38. The Morgan fingerprint density at radius 2 is 2.04 bits per heavy atom. The fourth-order valence-electron chi connectivity index (χ4n) is 4.27. The van der Waals surface area contributed by atoms with Crippen LogP contribution in [0.3, 0.4) is 0 Å². The van der Waals surface area contributed by atoms with Gasteiger partial charge in [-0.05, 0) is 59.5 Å². The highest BCUT2D eigenvalue weighted by molar-refractivity contribution is 14.1. The van der Waals surface area contributed by atoms with Crippen LogP contribution in [-0.4, -0.2) is 43.0 Å². The van der Waals surface area contributed by atoms with E-state index in [2.05, 4.69) is 22.6 Å². The topological polar surface area (TPSA) is 29.5 Å². The number of piperidine rings is 1. The zero-order chi connectivity index (χ0) is 16.6. The smallest absolute Gasteiger partial charge is 0.310 e. The second-order valence-electron chi connectivity index (χ2n) is 6.33. The van der Waals surface area contributed by atoms with Crippen molar-refractivity contribution in [3.05, 3.63) is 33.4 Å². The highest BCUT2D eigenvalue weighted by Gasteiger charge is 2.51. The molecule has 2 aliphatic heterocycles. The molecule has 2 fully saturated rings. The summed E-state index contributed by atoms with van der Waals surface area (Å²) in [5.74, 6) is -0.596. The number of nitrogens with zero attached hydrogens (tertiary/aromatic N) is 1. The van der Waals surface area contributed by atoms with Crippen LogP contribution in [0.15, 0.2) is 24.3 Å². The number of carbonyl (C=O) groups is 1. The Kier molecular flexibility index (Phi) is 5.20. The van der Waals surface area contributed by atoms with E-state index in [0.29, 0.717) is 0 Å². The van der Waals surface area contributed by atoms with Gasteiger partial charge in [-0.1, -0.05) is 12.1 Å². The fraction of sp³-hybridized carbons (Fsp3) is 0.588. The summed E-state index contributed by atoms with van der Waals surface area (Å²) < 4.78 is 32.0. The largest absolute Gasteiger partial charge is 0.469 e. The first kappa shape index (κ1) is 17.1. The Labute approximate surface area is 148 Å². The number of carbonyl (C=O) groups excluding carboxylic acids is 1. The number of benzene rings is 1. The number of ether oxygens (including phenoxy) is 1. The minimum atomic E-state index is -2.37. The Hall–Kier alpha value is -0.760. The second kappa shape index (κ2) is 7.01. The maximum atomic E-state index is 12.9. The number of methoxy groups -OCH3 is 1. The van der Waals surface area contributed by atoms with Crippen LogP contribution in [0.25, 0.3) is 0 Å². The predicted octanol–water partition coefficient (Wildman–Crippen LogP) is 3.67. The lowest BCUT2D eigenvalue weighted by molar-refractivity contribution is -0.151. The first-order valence-electron chi connectivity index (χ1n) is 7.88. The Morgan fingerprint density at radius 1 is 1.35 bits per heavy atom. The van der Waals surface area contributed by atoms with Crippen molar-refractivity contribution in [2.75, 3.05) is 13.7 Å². The van der Waals surface area contributed by atoms with E-state index in [1.165, 1.54) is 7.11 Å². The van der Waals surface area contributed by atoms with Gasteiger partial charge in [0.05, 0.1) is 19.6 Å². The van der Waals surface area contributed by atoms with Gasteiger partial charge in [0, 0.05) is 21.6 Å². The number of esters is 1. The van der Waals surface area contributed by atoms with Gasteiger partial charge in [0.25, 0.3) is 6.43 Å². The lowest BCUT2D eigenvalue weighted by Gasteiger charge is -2.43. The molecule has 0 aromatic heterocycles. The van der Waals surface area contributed by atoms with Crippen molar-refractivity contribution >= 4 is 28.6 Å². The summed E-state index contributed by atoms with van der Waals surface area (Å²) in [6.45, 7) is -0.248. The highest BCUT2D eigenvalue weighted by atomic mass is 127. The lowest BCUT2D eigenvalue weighted by atomic mass is 9.76. The minimum absolute atomic E-state index is 0.0471. The summed E-state index contributed by atoms with van der Waals surface area (Å²) in [6.07, 6.45) is 0.0409. The Balaban J connectivity index is 1.91. The van der Waals surface area contributed by atoms with E-state index in [4.69, 9.17) is 4.74 Å². The van der Waals surface area contributed by atoms with Crippen LogP contribution in [0.2, 0.25) is 0 Å². The zero-order valence-corrected chi connectivity index (χ0v) is 15.1. The zero-order valence-electron chi connectivity index (χ0n) is 12.9. The van der Waals surface area contributed by atoms with Crippen LogP contribution in [0.5, 0.6) is 0 Å². The molecule has 0 aliphatic carbocycles. The molecule has 0 unspecified atom stereocenters. The van der Waals surface area contributed by atoms with E-state index in [1.54, 1.807) is 0 Å². The molecule has 1 aromatic rings. The van der Waals surface area contributed by atoms with Gasteiger partial charge < -0.3 is 4.74 Å². The molecule has 2 aliphatic rings. The van der Waals surface area contributed by atoms with E-state index in [-0.39, 0.29) is 36.4 Å². The third-order valence-electron chi connectivity index (χ3n) is 5.19. The van der Waals surface area contributed by atoms with Gasteiger partial charge in [0.1, 0.15) is 0 Å². The van der Waals surface area contributed by atoms with Crippen molar-refractivity contribution < 1.29 is 18.3 Å². The molecule has 0 saturated carbocycles. The van der Waals surface area contributed by atoms with E-state index in [9.17, 15) is 13.6 Å².